The number of phenols is 1. The van der Waals surface area contributed by atoms with Crippen LogP contribution in [-0.4, -0.2) is 25.6 Å². The second-order valence-electron chi connectivity index (χ2n) is 3.44. The Bertz CT molecular complexity index is 488. The van der Waals surface area contributed by atoms with E-state index in [1.54, 1.807) is 0 Å². The van der Waals surface area contributed by atoms with Crippen LogP contribution in [0.3, 0.4) is 0 Å². The molecule has 0 radical (unpaired) electrons. The Morgan fingerprint density at radius 3 is 2.40 bits per heavy atom. The summed E-state index contributed by atoms with van der Waals surface area (Å²) < 4.78 is 22.3. The molecule has 0 fully saturated rings. The van der Waals surface area contributed by atoms with Gasteiger partial charge in [-0.1, -0.05) is 6.07 Å². The van der Waals surface area contributed by atoms with Crippen LogP contribution in [0, 0.1) is 0 Å². The Morgan fingerprint density at radius 1 is 1.40 bits per heavy atom. The third kappa shape index (κ3) is 3.06. The number of hydrogen-bond acceptors (Lipinski definition) is 4. The van der Waals surface area contributed by atoms with E-state index in [-0.39, 0.29) is 22.8 Å². The van der Waals surface area contributed by atoms with Gasteiger partial charge in [0.25, 0.3) is 0 Å². The molecule has 1 rings (SSSR count). The zero-order valence-electron chi connectivity index (χ0n) is 8.52. The summed E-state index contributed by atoms with van der Waals surface area (Å²) >= 11 is 0. The van der Waals surface area contributed by atoms with Crippen molar-refractivity contribution in [3.8, 4) is 5.75 Å². The van der Waals surface area contributed by atoms with Crippen LogP contribution in [-0.2, 0) is 21.1 Å². The quantitative estimate of drug-likeness (QED) is 0.835. The lowest BCUT2D eigenvalue weighted by molar-refractivity contribution is -0.116. The fourth-order valence-electron chi connectivity index (χ4n) is 1.19. The minimum Gasteiger partial charge on any atom is -0.508 e. The number of rotatable bonds is 3. The van der Waals surface area contributed by atoms with Crippen LogP contribution in [0.4, 0.5) is 0 Å². The molecule has 1 N–H and O–H groups in total. The first-order chi connectivity index (χ1) is 6.80. The van der Waals surface area contributed by atoms with Gasteiger partial charge in [-0.15, -0.1) is 0 Å². The van der Waals surface area contributed by atoms with E-state index >= 15 is 0 Å². The van der Waals surface area contributed by atoms with Crippen LogP contribution in [0.2, 0.25) is 0 Å². The van der Waals surface area contributed by atoms with E-state index in [4.69, 9.17) is 0 Å². The van der Waals surface area contributed by atoms with E-state index in [0.29, 0.717) is 5.56 Å². The zero-order chi connectivity index (χ0) is 11.6. The Labute approximate surface area is 88.5 Å². The second kappa shape index (κ2) is 4.02. The van der Waals surface area contributed by atoms with Gasteiger partial charge < -0.3 is 5.11 Å². The summed E-state index contributed by atoms with van der Waals surface area (Å²) in [5.74, 6) is -0.245. The second-order valence-corrected chi connectivity index (χ2v) is 5.46. The minimum atomic E-state index is -3.32. The number of sulfone groups is 1. The lowest BCUT2D eigenvalue weighted by Gasteiger charge is -2.04. The van der Waals surface area contributed by atoms with Crippen molar-refractivity contribution < 1.29 is 18.3 Å². The maximum absolute atomic E-state index is 11.1. The summed E-state index contributed by atoms with van der Waals surface area (Å²) in [5, 5.41) is 9.49. The van der Waals surface area contributed by atoms with Gasteiger partial charge in [-0.25, -0.2) is 8.42 Å². The van der Waals surface area contributed by atoms with Crippen molar-refractivity contribution >= 4 is 15.6 Å². The Balaban J connectivity index is 3.15. The van der Waals surface area contributed by atoms with E-state index < -0.39 is 9.84 Å². The molecule has 0 aliphatic rings. The molecule has 1 aromatic rings. The lowest BCUT2D eigenvalue weighted by Crippen LogP contribution is -2.00. The van der Waals surface area contributed by atoms with Gasteiger partial charge in [0.2, 0.25) is 0 Å². The molecule has 0 aromatic heterocycles. The average molecular weight is 228 g/mol. The van der Waals surface area contributed by atoms with Crippen LogP contribution in [0.25, 0.3) is 0 Å². The average Bonchev–Trinajstić information content (AvgIpc) is 2.05. The highest BCUT2D eigenvalue weighted by Gasteiger charge is 2.11. The molecule has 0 unspecified atom stereocenters. The molecule has 5 heteroatoms. The van der Waals surface area contributed by atoms with Gasteiger partial charge in [-0.2, -0.15) is 0 Å². The van der Waals surface area contributed by atoms with E-state index in [1.807, 2.05) is 0 Å². The number of aromatic hydroxyl groups is 1. The predicted octanol–water partition coefficient (Wildman–Crippen LogP) is 0.927. The molecule has 0 spiro atoms. The molecular weight excluding hydrogens is 216 g/mol. The van der Waals surface area contributed by atoms with Crippen molar-refractivity contribution in [2.24, 2.45) is 0 Å². The normalized spacial score (nSPS) is 11.3. The highest BCUT2D eigenvalue weighted by molar-refractivity contribution is 7.90. The lowest BCUT2D eigenvalue weighted by atomic mass is 10.1. The van der Waals surface area contributed by atoms with Gasteiger partial charge in [0, 0.05) is 18.2 Å². The number of benzene rings is 1. The molecule has 0 saturated heterocycles. The van der Waals surface area contributed by atoms with Gasteiger partial charge in [-0.05, 0) is 19.1 Å². The largest absolute Gasteiger partial charge is 0.508 e. The van der Waals surface area contributed by atoms with Crippen molar-refractivity contribution in [3.05, 3.63) is 23.8 Å². The number of Topliss-reactive ketones (excluding diaryl/α,β-unsaturated/α-hetero) is 1. The summed E-state index contributed by atoms with van der Waals surface area (Å²) in [6, 6.07) is 3.99. The highest BCUT2D eigenvalue weighted by atomic mass is 32.2. The van der Waals surface area contributed by atoms with Crippen LogP contribution in [0.5, 0.6) is 5.75 Å². The maximum atomic E-state index is 11.1. The van der Waals surface area contributed by atoms with Crippen LogP contribution in [0.15, 0.2) is 23.1 Å². The number of ketones is 1. The Hall–Kier alpha value is -1.36. The van der Waals surface area contributed by atoms with Crippen molar-refractivity contribution in [2.45, 2.75) is 18.2 Å². The summed E-state index contributed by atoms with van der Waals surface area (Å²) in [5.41, 5.74) is 0.440. The summed E-state index contributed by atoms with van der Waals surface area (Å²) in [4.78, 5) is 10.9. The molecular formula is C10H12O4S. The fourth-order valence-corrected chi connectivity index (χ4v) is 1.83. The van der Waals surface area contributed by atoms with E-state index in [2.05, 4.69) is 0 Å². The van der Waals surface area contributed by atoms with Gasteiger partial charge in [0.05, 0.1) is 4.90 Å². The predicted molar refractivity (Wildman–Crippen MR) is 55.6 cm³/mol. The first-order valence-corrected chi connectivity index (χ1v) is 6.21. The standard InChI is InChI=1S/C10H12O4S/c1-7(11)5-8-3-4-9(6-10(8)12)15(2,13)14/h3-4,6,12H,5H2,1-2H3. The topological polar surface area (TPSA) is 71.4 Å². The van der Waals surface area contributed by atoms with Crippen molar-refractivity contribution in [2.75, 3.05) is 6.26 Å². The number of carbonyl (C=O) groups excluding carboxylic acids is 1. The third-order valence-electron chi connectivity index (χ3n) is 1.92. The molecule has 0 heterocycles. The van der Waals surface area contributed by atoms with E-state index in [0.717, 1.165) is 12.3 Å². The molecule has 0 aliphatic heterocycles. The van der Waals surface area contributed by atoms with E-state index in [1.165, 1.54) is 19.1 Å². The third-order valence-corrected chi connectivity index (χ3v) is 3.03. The van der Waals surface area contributed by atoms with Crippen LogP contribution >= 0.6 is 0 Å². The van der Waals surface area contributed by atoms with Crippen LogP contribution < -0.4 is 0 Å². The summed E-state index contributed by atoms with van der Waals surface area (Å²) in [6.07, 6.45) is 1.17. The van der Waals surface area contributed by atoms with Crippen molar-refractivity contribution in [3.63, 3.8) is 0 Å². The van der Waals surface area contributed by atoms with Gasteiger partial charge in [0.15, 0.2) is 9.84 Å². The summed E-state index contributed by atoms with van der Waals surface area (Å²) in [7, 11) is -3.32. The molecule has 0 atom stereocenters. The van der Waals surface area contributed by atoms with Crippen molar-refractivity contribution in [1.29, 1.82) is 0 Å². The first kappa shape index (κ1) is 11.7. The maximum Gasteiger partial charge on any atom is 0.175 e. The molecule has 15 heavy (non-hydrogen) atoms. The van der Waals surface area contributed by atoms with Gasteiger partial charge >= 0.3 is 0 Å². The summed E-state index contributed by atoms with van der Waals surface area (Å²) in [6.45, 7) is 1.41. The Kier molecular flexibility index (Phi) is 3.14. The van der Waals surface area contributed by atoms with Gasteiger partial charge in [0.1, 0.15) is 11.5 Å². The highest BCUT2D eigenvalue weighted by Crippen LogP contribution is 2.22. The molecule has 4 nitrogen and oxygen atoms in total. The molecule has 82 valence electrons. The fraction of sp³-hybridized carbons (Fsp3) is 0.300. The molecule has 0 saturated carbocycles. The van der Waals surface area contributed by atoms with E-state index in [9.17, 15) is 18.3 Å². The zero-order valence-corrected chi connectivity index (χ0v) is 9.34. The smallest absolute Gasteiger partial charge is 0.175 e. The molecule has 1 aromatic carbocycles. The SMILES string of the molecule is CC(=O)Cc1ccc(S(C)(=O)=O)cc1O. The van der Waals surface area contributed by atoms with Gasteiger partial charge in [-0.3, -0.25) is 4.79 Å². The Morgan fingerprint density at radius 2 is 2.00 bits per heavy atom. The molecule has 0 amide bonds. The monoisotopic (exact) mass is 228 g/mol. The molecule has 0 aliphatic carbocycles. The number of hydrogen-bond donors (Lipinski definition) is 1. The minimum absolute atomic E-state index is 0.0484. The van der Waals surface area contributed by atoms with Crippen LogP contribution in [0.1, 0.15) is 12.5 Å². The molecule has 0 bridgehead atoms. The number of phenolic OH excluding ortho intramolecular Hbond substituents is 1. The first-order valence-electron chi connectivity index (χ1n) is 4.32. The number of carbonyl (C=O) groups is 1. The van der Waals surface area contributed by atoms with Crippen molar-refractivity contribution in [1.82, 2.24) is 0 Å².